The summed E-state index contributed by atoms with van der Waals surface area (Å²) >= 11 is 0. The molecular weight excluding hydrogens is 338 g/mol. The highest BCUT2D eigenvalue weighted by molar-refractivity contribution is 7.92. The van der Waals surface area contributed by atoms with E-state index >= 15 is 0 Å². The summed E-state index contributed by atoms with van der Waals surface area (Å²) in [5, 5.41) is 12.0. The quantitative estimate of drug-likeness (QED) is 0.858. The van der Waals surface area contributed by atoms with E-state index in [1.807, 2.05) is 43.3 Å². The molecule has 0 aliphatic carbocycles. The number of hydrogen-bond acceptors (Lipinski definition) is 4. The van der Waals surface area contributed by atoms with Crippen molar-refractivity contribution in [3.63, 3.8) is 0 Å². The number of benzene rings is 2. The fourth-order valence-electron chi connectivity index (χ4n) is 2.41. The molecule has 0 radical (unpaired) electrons. The van der Waals surface area contributed by atoms with Gasteiger partial charge in [0.25, 0.3) is 0 Å². The first-order valence-corrected chi connectivity index (χ1v) is 9.49. The molecule has 1 N–H and O–H groups in total. The molecule has 7 heteroatoms. The fraction of sp³-hybridized carbons (Fsp3) is 0.222. The van der Waals surface area contributed by atoms with Gasteiger partial charge in [0, 0.05) is 0 Å². The van der Waals surface area contributed by atoms with E-state index in [1.54, 1.807) is 12.1 Å². The van der Waals surface area contributed by atoms with Gasteiger partial charge in [-0.25, -0.2) is 8.42 Å². The van der Waals surface area contributed by atoms with Crippen LogP contribution in [0.5, 0.6) is 0 Å². The van der Waals surface area contributed by atoms with Crippen molar-refractivity contribution in [1.29, 1.82) is 5.26 Å². The minimum atomic E-state index is -3.72. The molecule has 25 heavy (non-hydrogen) atoms. The molecule has 1 atom stereocenters. The molecule has 6 nitrogen and oxygen atoms in total. The average Bonchev–Trinajstić information content (AvgIpc) is 2.59. The number of carbonyl (C=O) groups is 1. The molecule has 0 fully saturated rings. The van der Waals surface area contributed by atoms with E-state index < -0.39 is 22.5 Å². The highest BCUT2D eigenvalue weighted by atomic mass is 32.2. The van der Waals surface area contributed by atoms with Gasteiger partial charge in [-0.15, -0.1) is 0 Å². The zero-order valence-corrected chi connectivity index (χ0v) is 14.8. The Balaban J connectivity index is 2.21. The molecular formula is C18H19N3O3S. The summed E-state index contributed by atoms with van der Waals surface area (Å²) in [4.78, 5) is 12.4. The van der Waals surface area contributed by atoms with Crippen molar-refractivity contribution in [2.45, 2.75) is 13.0 Å². The van der Waals surface area contributed by atoms with E-state index in [1.165, 1.54) is 12.1 Å². The summed E-state index contributed by atoms with van der Waals surface area (Å²) in [6.07, 6.45) is 1.01. The maximum Gasteiger partial charge on any atom is 0.241 e. The number of carbonyl (C=O) groups excluding carboxylic acids is 1. The molecule has 1 amide bonds. The predicted molar refractivity (Wildman–Crippen MR) is 96.3 cm³/mol. The fourth-order valence-corrected chi connectivity index (χ4v) is 3.28. The first-order chi connectivity index (χ1) is 11.8. The summed E-state index contributed by atoms with van der Waals surface area (Å²) in [5.41, 5.74) is 1.30. The molecule has 0 bridgehead atoms. The van der Waals surface area contributed by atoms with Crippen molar-refractivity contribution < 1.29 is 13.2 Å². The number of rotatable bonds is 6. The second kappa shape index (κ2) is 7.81. The number of amides is 1. The van der Waals surface area contributed by atoms with Crippen molar-refractivity contribution in [2.24, 2.45) is 0 Å². The number of sulfonamides is 1. The predicted octanol–water partition coefficient (Wildman–Crippen LogP) is 2.20. The van der Waals surface area contributed by atoms with Gasteiger partial charge in [-0.3, -0.25) is 9.10 Å². The van der Waals surface area contributed by atoms with Gasteiger partial charge in [0.05, 0.1) is 23.5 Å². The number of nitriles is 1. The van der Waals surface area contributed by atoms with Crippen molar-refractivity contribution in [1.82, 2.24) is 5.32 Å². The third-order valence-corrected chi connectivity index (χ3v) is 4.78. The van der Waals surface area contributed by atoms with Crippen LogP contribution in [0.3, 0.4) is 0 Å². The third kappa shape index (κ3) is 4.81. The zero-order valence-electron chi connectivity index (χ0n) is 14.0. The van der Waals surface area contributed by atoms with Gasteiger partial charge in [0.15, 0.2) is 0 Å². The topological polar surface area (TPSA) is 90.3 Å². The lowest BCUT2D eigenvalue weighted by Gasteiger charge is -2.24. The minimum absolute atomic E-state index is 0.190. The van der Waals surface area contributed by atoms with Crippen LogP contribution in [-0.2, 0) is 14.8 Å². The summed E-state index contributed by atoms with van der Waals surface area (Å²) in [6.45, 7) is 1.43. The van der Waals surface area contributed by atoms with Crippen molar-refractivity contribution >= 4 is 21.6 Å². The lowest BCUT2D eigenvalue weighted by Crippen LogP contribution is -2.41. The van der Waals surface area contributed by atoms with Gasteiger partial charge >= 0.3 is 0 Å². The largest absolute Gasteiger partial charge is 0.348 e. The van der Waals surface area contributed by atoms with Crippen LogP contribution in [0.15, 0.2) is 54.6 Å². The monoisotopic (exact) mass is 357 g/mol. The van der Waals surface area contributed by atoms with Crippen LogP contribution in [0.1, 0.15) is 24.1 Å². The first-order valence-electron chi connectivity index (χ1n) is 7.64. The molecule has 2 rings (SSSR count). The molecule has 2 aromatic rings. The van der Waals surface area contributed by atoms with E-state index in [0.29, 0.717) is 0 Å². The Morgan fingerprint density at radius 1 is 1.16 bits per heavy atom. The lowest BCUT2D eigenvalue weighted by atomic mass is 10.1. The van der Waals surface area contributed by atoms with E-state index in [0.717, 1.165) is 16.1 Å². The minimum Gasteiger partial charge on any atom is -0.348 e. The zero-order chi connectivity index (χ0) is 18.4. The standard InChI is InChI=1S/C18H19N3O3S/c1-14(15-8-4-3-5-9-15)20-18(22)13-21(25(2,23)24)17-11-7-6-10-16(17)12-19/h3-11,14H,13H2,1-2H3,(H,20,22). The van der Waals surface area contributed by atoms with Crippen molar-refractivity contribution in [3.05, 3.63) is 65.7 Å². The van der Waals surface area contributed by atoms with Gasteiger partial charge < -0.3 is 5.32 Å². The average molecular weight is 357 g/mol. The Morgan fingerprint density at radius 2 is 1.76 bits per heavy atom. The van der Waals surface area contributed by atoms with E-state index in [9.17, 15) is 18.5 Å². The highest BCUT2D eigenvalue weighted by Crippen LogP contribution is 2.22. The van der Waals surface area contributed by atoms with Gasteiger partial charge in [0.1, 0.15) is 12.6 Å². The molecule has 0 aromatic heterocycles. The van der Waals surface area contributed by atoms with Crippen LogP contribution in [0.4, 0.5) is 5.69 Å². The van der Waals surface area contributed by atoms with Crippen molar-refractivity contribution in [3.8, 4) is 6.07 Å². The van der Waals surface area contributed by atoms with Gasteiger partial charge in [-0.2, -0.15) is 5.26 Å². The summed E-state index contributed by atoms with van der Waals surface area (Å²) in [6, 6.07) is 17.3. The van der Waals surface area contributed by atoms with Crippen LogP contribution in [-0.4, -0.2) is 27.1 Å². The summed E-state index contributed by atoms with van der Waals surface area (Å²) in [7, 11) is -3.72. The molecule has 1 unspecified atom stereocenters. The Labute approximate surface area is 147 Å². The maximum absolute atomic E-state index is 12.4. The smallest absolute Gasteiger partial charge is 0.241 e. The molecule has 2 aromatic carbocycles. The maximum atomic E-state index is 12.4. The van der Waals surface area contributed by atoms with Crippen LogP contribution < -0.4 is 9.62 Å². The first kappa shape index (κ1) is 18.5. The van der Waals surface area contributed by atoms with Gasteiger partial charge in [-0.05, 0) is 24.6 Å². The van der Waals surface area contributed by atoms with E-state index in [2.05, 4.69) is 5.32 Å². The summed E-state index contributed by atoms with van der Waals surface area (Å²) in [5.74, 6) is -0.450. The van der Waals surface area contributed by atoms with Crippen LogP contribution in [0.25, 0.3) is 0 Å². The van der Waals surface area contributed by atoms with E-state index in [-0.39, 0.29) is 17.3 Å². The van der Waals surface area contributed by atoms with Gasteiger partial charge in [0.2, 0.25) is 15.9 Å². The lowest BCUT2D eigenvalue weighted by molar-refractivity contribution is -0.120. The number of para-hydroxylation sites is 1. The van der Waals surface area contributed by atoms with Crippen LogP contribution >= 0.6 is 0 Å². The van der Waals surface area contributed by atoms with Crippen LogP contribution in [0.2, 0.25) is 0 Å². The second-order valence-electron chi connectivity index (χ2n) is 5.60. The second-order valence-corrected chi connectivity index (χ2v) is 7.51. The number of nitrogens with zero attached hydrogens (tertiary/aromatic N) is 2. The Bertz CT molecular complexity index is 889. The number of nitrogens with one attached hydrogen (secondary N) is 1. The van der Waals surface area contributed by atoms with Crippen LogP contribution in [0, 0.1) is 11.3 Å². The summed E-state index contributed by atoms with van der Waals surface area (Å²) < 4.78 is 25.2. The molecule has 0 aliphatic heterocycles. The third-order valence-electron chi connectivity index (χ3n) is 3.66. The van der Waals surface area contributed by atoms with E-state index in [4.69, 9.17) is 0 Å². The molecule has 130 valence electrons. The molecule has 0 spiro atoms. The Hall–Kier alpha value is -2.85. The molecule has 0 heterocycles. The van der Waals surface area contributed by atoms with Crippen molar-refractivity contribution in [2.75, 3.05) is 17.1 Å². The Morgan fingerprint density at radius 3 is 2.36 bits per heavy atom. The SMILES string of the molecule is CC(NC(=O)CN(c1ccccc1C#N)S(C)(=O)=O)c1ccccc1. The molecule has 0 saturated heterocycles. The highest BCUT2D eigenvalue weighted by Gasteiger charge is 2.23. The normalized spacial score (nSPS) is 12.0. The number of hydrogen-bond donors (Lipinski definition) is 1. The molecule has 0 aliphatic rings. The molecule has 0 saturated carbocycles. The number of anilines is 1. The van der Waals surface area contributed by atoms with Gasteiger partial charge in [-0.1, -0.05) is 42.5 Å². The Kier molecular flexibility index (Phi) is 5.78.